The van der Waals surface area contributed by atoms with Crippen LogP contribution in [0.4, 0.5) is 0 Å². The monoisotopic (exact) mass is 369 g/mol. The minimum Gasteiger partial charge on any atom is -0.394 e. The first-order chi connectivity index (χ1) is 11.9. The van der Waals surface area contributed by atoms with E-state index in [0.29, 0.717) is 0 Å². The fraction of sp³-hybridized carbons (Fsp3) is 1.00. The van der Waals surface area contributed by atoms with Crippen LogP contribution in [0.25, 0.3) is 10.4 Å². The molecular weight excluding hydrogens is 346 g/mol. The van der Waals surface area contributed by atoms with Crippen LogP contribution in [0.5, 0.6) is 0 Å². The highest BCUT2D eigenvalue weighted by atomic mass is 16.8. The average Bonchev–Trinajstić information content (AvgIpc) is 2.62. The lowest BCUT2D eigenvalue weighted by Crippen LogP contribution is -2.60. The molecule has 7 N–H and O–H groups in total. The van der Waals surface area contributed by atoms with Crippen molar-refractivity contribution in [2.24, 2.45) is 5.11 Å². The van der Waals surface area contributed by atoms with Gasteiger partial charge in [0, 0.05) is 4.91 Å². The Balaban J connectivity index is 2.71. The van der Waals surface area contributed by atoms with Crippen LogP contribution < -0.4 is 0 Å². The molecule has 0 aromatic heterocycles. The van der Waals surface area contributed by atoms with E-state index in [1.807, 2.05) is 0 Å². The van der Waals surface area contributed by atoms with E-state index in [-0.39, 0.29) is 0 Å². The number of ether oxygens (including phenoxy) is 3. The molecular formula is C12H23N3O10. The van der Waals surface area contributed by atoms with Crippen molar-refractivity contribution in [1.29, 1.82) is 0 Å². The van der Waals surface area contributed by atoms with Gasteiger partial charge in [0.2, 0.25) is 0 Å². The van der Waals surface area contributed by atoms with Gasteiger partial charge in [-0.25, -0.2) is 0 Å². The van der Waals surface area contributed by atoms with Crippen LogP contribution >= 0.6 is 0 Å². The van der Waals surface area contributed by atoms with Crippen molar-refractivity contribution < 1.29 is 50.0 Å². The molecule has 0 amide bonds. The lowest BCUT2D eigenvalue weighted by Gasteiger charge is -2.40. The van der Waals surface area contributed by atoms with Crippen LogP contribution in [0.15, 0.2) is 5.11 Å². The summed E-state index contributed by atoms with van der Waals surface area (Å²) in [5, 5.41) is 69.6. The second-order valence-electron chi connectivity index (χ2n) is 5.28. The minimum atomic E-state index is -1.71. The average molecular weight is 369 g/mol. The molecule has 1 aliphatic rings. The number of aliphatic hydroxyl groups is 7. The highest BCUT2D eigenvalue weighted by molar-refractivity contribution is 4.89. The maximum absolute atomic E-state index is 9.85. The maximum atomic E-state index is 9.85. The standard InChI is InChI=1S/C12H23N3O10/c13-15-14-1-5(19)6(2-16)23-8(4-18)25-12-11(22)10(21)9(20)7(3-17)24-12/h5-12,16-22H,1-4H2/t5-,6?,7?,8+,9+,10?,11?,12+/m0/s1. The third kappa shape index (κ3) is 5.99. The summed E-state index contributed by atoms with van der Waals surface area (Å²) in [6.45, 7) is -2.55. The van der Waals surface area contributed by atoms with Crippen LogP contribution in [0.1, 0.15) is 0 Å². The molecule has 4 unspecified atom stereocenters. The van der Waals surface area contributed by atoms with Crippen molar-refractivity contribution in [3.05, 3.63) is 10.4 Å². The highest BCUT2D eigenvalue weighted by Gasteiger charge is 2.45. The van der Waals surface area contributed by atoms with Crippen LogP contribution in [0.2, 0.25) is 0 Å². The van der Waals surface area contributed by atoms with Crippen molar-refractivity contribution in [2.75, 3.05) is 26.4 Å². The Hall–Kier alpha value is -1.09. The molecule has 146 valence electrons. The number of aliphatic hydroxyl groups excluding tert-OH is 7. The molecule has 1 saturated heterocycles. The van der Waals surface area contributed by atoms with E-state index in [1.54, 1.807) is 0 Å². The second-order valence-corrected chi connectivity index (χ2v) is 5.28. The minimum absolute atomic E-state index is 0.403. The number of azide groups is 1. The molecule has 0 aromatic rings. The van der Waals surface area contributed by atoms with Gasteiger partial charge in [-0.15, -0.1) is 0 Å². The lowest BCUT2D eigenvalue weighted by atomic mass is 9.99. The Morgan fingerprint density at radius 1 is 1.08 bits per heavy atom. The molecule has 0 aliphatic carbocycles. The van der Waals surface area contributed by atoms with Crippen molar-refractivity contribution in [1.82, 2.24) is 0 Å². The maximum Gasteiger partial charge on any atom is 0.189 e. The van der Waals surface area contributed by atoms with Gasteiger partial charge in [-0.05, 0) is 5.53 Å². The van der Waals surface area contributed by atoms with E-state index in [0.717, 1.165) is 0 Å². The van der Waals surface area contributed by atoms with Gasteiger partial charge in [-0.2, -0.15) is 0 Å². The van der Waals surface area contributed by atoms with Crippen molar-refractivity contribution in [2.45, 2.75) is 49.2 Å². The van der Waals surface area contributed by atoms with E-state index < -0.39 is 75.6 Å². The number of rotatable bonds is 10. The molecule has 0 bridgehead atoms. The van der Waals surface area contributed by atoms with E-state index in [2.05, 4.69) is 10.0 Å². The van der Waals surface area contributed by atoms with Crippen molar-refractivity contribution in [3.8, 4) is 0 Å². The first kappa shape index (κ1) is 22.0. The van der Waals surface area contributed by atoms with Crippen LogP contribution in [-0.2, 0) is 14.2 Å². The molecule has 13 nitrogen and oxygen atoms in total. The van der Waals surface area contributed by atoms with E-state index in [4.69, 9.17) is 24.8 Å². The predicted molar refractivity (Wildman–Crippen MR) is 77.7 cm³/mol. The summed E-state index contributed by atoms with van der Waals surface area (Å²) in [7, 11) is 0. The van der Waals surface area contributed by atoms with E-state index in [1.165, 1.54) is 0 Å². The number of nitrogens with zero attached hydrogens (tertiary/aromatic N) is 3. The molecule has 0 aromatic carbocycles. The molecule has 1 rings (SSSR count). The van der Waals surface area contributed by atoms with Gasteiger partial charge < -0.3 is 50.0 Å². The van der Waals surface area contributed by atoms with Crippen LogP contribution in [-0.4, -0.2) is 111 Å². The Morgan fingerprint density at radius 2 is 1.76 bits per heavy atom. The molecule has 1 heterocycles. The van der Waals surface area contributed by atoms with Gasteiger partial charge in [0.1, 0.15) is 30.5 Å². The van der Waals surface area contributed by atoms with E-state index >= 15 is 0 Å². The molecule has 8 atom stereocenters. The quantitative estimate of drug-likeness (QED) is 0.0860. The smallest absolute Gasteiger partial charge is 0.189 e. The fourth-order valence-corrected chi connectivity index (χ4v) is 2.14. The van der Waals surface area contributed by atoms with E-state index in [9.17, 15) is 30.6 Å². The van der Waals surface area contributed by atoms with Crippen molar-refractivity contribution in [3.63, 3.8) is 0 Å². The lowest BCUT2D eigenvalue weighted by molar-refractivity contribution is -0.348. The Labute approximate surface area is 142 Å². The molecule has 13 heteroatoms. The molecule has 0 spiro atoms. The summed E-state index contributed by atoms with van der Waals surface area (Å²) in [6.07, 6.45) is -11.9. The van der Waals surface area contributed by atoms with Gasteiger partial charge in [-0.1, -0.05) is 5.11 Å². The fourth-order valence-electron chi connectivity index (χ4n) is 2.14. The summed E-state index contributed by atoms with van der Waals surface area (Å²) in [5.74, 6) is 0. The van der Waals surface area contributed by atoms with Crippen LogP contribution in [0, 0.1) is 0 Å². The predicted octanol–water partition coefficient (Wildman–Crippen LogP) is -3.83. The van der Waals surface area contributed by atoms with Gasteiger partial charge in [0.25, 0.3) is 0 Å². The first-order valence-corrected chi connectivity index (χ1v) is 7.41. The number of hydrogen-bond acceptors (Lipinski definition) is 11. The molecule has 1 aliphatic heterocycles. The van der Waals surface area contributed by atoms with Crippen molar-refractivity contribution >= 4 is 0 Å². The summed E-state index contributed by atoms with van der Waals surface area (Å²) in [6, 6.07) is 0. The Morgan fingerprint density at radius 3 is 2.28 bits per heavy atom. The zero-order valence-corrected chi connectivity index (χ0v) is 13.1. The molecule has 0 saturated carbocycles. The van der Waals surface area contributed by atoms with Gasteiger partial charge in [0.05, 0.1) is 32.5 Å². The SMILES string of the molecule is [N-]=[N+]=NC[C@H](O)C(CO)O[C@@H](CO)O[C@H]1OC(CO)[C@@H](O)C(O)C1O. The Kier molecular flexibility index (Phi) is 9.48. The van der Waals surface area contributed by atoms with Gasteiger partial charge >= 0.3 is 0 Å². The first-order valence-electron chi connectivity index (χ1n) is 7.41. The summed E-state index contributed by atoms with van der Waals surface area (Å²) in [4.78, 5) is 2.45. The molecule has 1 fully saturated rings. The summed E-state index contributed by atoms with van der Waals surface area (Å²) < 4.78 is 15.4. The summed E-state index contributed by atoms with van der Waals surface area (Å²) in [5.41, 5.74) is 8.21. The highest BCUT2D eigenvalue weighted by Crippen LogP contribution is 2.23. The third-order valence-corrected chi connectivity index (χ3v) is 3.55. The number of hydrogen-bond donors (Lipinski definition) is 7. The molecule has 25 heavy (non-hydrogen) atoms. The summed E-state index contributed by atoms with van der Waals surface area (Å²) >= 11 is 0. The molecule has 0 radical (unpaired) electrons. The topological polar surface area (TPSA) is 218 Å². The van der Waals surface area contributed by atoms with Gasteiger partial charge in [0.15, 0.2) is 12.6 Å². The van der Waals surface area contributed by atoms with Crippen LogP contribution in [0.3, 0.4) is 0 Å². The zero-order valence-electron chi connectivity index (χ0n) is 13.1. The third-order valence-electron chi connectivity index (χ3n) is 3.55. The Bertz CT molecular complexity index is 435. The largest absolute Gasteiger partial charge is 0.394 e. The second kappa shape index (κ2) is 10.8. The van der Waals surface area contributed by atoms with Gasteiger partial charge in [-0.3, -0.25) is 0 Å². The normalized spacial score (nSPS) is 33.3. The zero-order chi connectivity index (χ0) is 19.0.